The van der Waals surface area contributed by atoms with E-state index in [0.29, 0.717) is 23.2 Å². The van der Waals surface area contributed by atoms with Crippen molar-refractivity contribution in [3.05, 3.63) is 101 Å². The van der Waals surface area contributed by atoms with Gasteiger partial charge in [-0.15, -0.1) is 0 Å². The molecule has 0 saturated carbocycles. The van der Waals surface area contributed by atoms with Gasteiger partial charge in [0.15, 0.2) is 11.5 Å². The SMILES string of the molecule is C=C/C(=C\C=C(\c1cc(OC)c(OC)c(OC)c1)C(C)CC)CCC.CCC.CCCN(CC)C(/C=C(\C)CC)=C/C=C(\C)c1cc(OC)c(C)c(OC)c1. The van der Waals surface area contributed by atoms with Crippen molar-refractivity contribution in [3.63, 3.8) is 0 Å². The summed E-state index contributed by atoms with van der Waals surface area (Å²) in [6, 6.07) is 8.18. The lowest BCUT2D eigenvalue weighted by Gasteiger charge is -2.24. The minimum absolute atomic E-state index is 0.409. The smallest absolute Gasteiger partial charge is 0.203 e. The second-order valence-corrected chi connectivity index (χ2v) is 13.6. The van der Waals surface area contributed by atoms with Crippen LogP contribution in [0.2, 0.25) is 0 Å². The van der Waals surface area contributed by atoms with Crippen molar-refractivity contribution in [2.75, 3.05) is 48.6 Å². The van der Waals surface area contributed by atoms with Crippen LogP contribution in [-0.4, -0.2) is 53.5 Å². The number of allylic oxidation sites excluding steroid dienone is 10. The average molecular weight is 760 g/mol. The van der Waals surface area contributed by atoms with Crippen LogP contribution in [0.15, 0.2) is 84.1 Å². The maximum atomic E-state index is 5.52. The Balaban J connectivity index is 0.000000991. The van der Waals surface area contributed by atoms with Crippen LogP contribution >= 0.6 is 0 Å². The average Bonchev–Trinajstić information content (AvgIpc) is 3.20. The molecule has 6 nitrogen and oxygen atoms in total. The fourth-order valence-electron chi connectivity index (χ4n) is 5.71. The van der Waals surface area contributed by atoms with Crippen molar-refractivity contribution >= 4 is 11.1 Å². The maximum Gasteiger partial charge on any atom is 0.203 e. The zero-order valence-electron chi connectivity index (χ0n) is 37.7. The van der Waals surface area contributed by atoms with E-state index >= 15 is 0 Å². The molecular formula is C49H77NO5. The van der Waals surface area contributed by atoms with Crippen molar-refractivity contribution in [1.29, 1.82) is 0 Å². The van der Waals surface area contributed by atoms with Gasteiger partial charge in [0.2, 0.25) is 5.75 Å². The molecule has 0 N–H and O–H groups in total. The second-order valence-electron chi connectivity index (χ2n) is 13.6. The molecule has 0 heterocycles. The molecule has 0 radical (unpaired) electrons. The van der Waals surface area contributed by atoms with Crippen LogP contribution in [0, 0.1) is 12.8 Å². The first kappa shape index (κ1) is 50.7. The highest BCUT2D eigenvalue weighted by molar-refractivity contribution is 5.73. The van der Waals surface area contributed by atoms with Crippen LogP contribution in [0.3, 0.4) is 0 Å². The number of hydrogen-bond donors (Lipinski definition) is 0. The van der Waals surface area contributed by atoms with Gasteiger partial charge in [0.05, 0.1) is 35.5 Å². The molecule has 0 aliphatic heterocycles. The van der Waals surface area contributed by atoms with Gasteiger partial charge in [-0.3, -0.25) is 0 Å². The molecule has 0 aliphatic rings. The molecule has 2 aromatic rings. The number of nitrogens with zero attached hydrogens (tertiary/aromatic N) is 1. The van der Waals surface area contributed by atoms with Gasteiger partial charge in [-0.2, -0.15) is 0 Å². The lowest BCUT2D eigenvalue weighted by Crippen LogP contribution is -2.22. The fourth-order valence-corrected chi connectivity index (χ4v) is 5.71. The van der Waals surface area contributed by atoms with E-state index in [1.54, 1.807) is 35.5 Å². The summed E-state index contributed by atoms with van der Waals surface area (Å²) < 4.78 is 27.5. The highest BCUT2D eigenvalue weighted by Crippen LogP contribution is 2.41. The normalized spacial score (nSPS) is 12.8. The summed E-state index contributed by atoms with van der Waals surface area (Å²) in [5.41, 5.74) is 9.55. The second kappa shape index (κ2) is 29.0. The van der Waals surface area contributed by atoms with Gasteiger partial charge in [0.1, 0.15) is 11.5 Å². The molecule has 0 amide bonds. The van der Waals surface area contributed by atoms with E-state index in [1.807, 2.05) is 25.1 Å². The summed E-state index contributed by atoms with van der Waals surface area (Å²) in [4.78, 5) is 2.43. The largest absolute Gasteiger partial charge is 0.496 e. The van der Waals surface area contributed by atoms with Crippen molar-refractivity contribution < 1.29 is 23.7 Å². The van der Waals surface area contributed by atoms with Gasteiger partial charge >= 0.3 is 0 Å². The molecule has 0 aliphatic carbocycles. The number of ether oxygens (including phenoxy) is 5. The molecule has 2 rings (SSSR count). The Kier molecular flexibility index (Phi) is 26.8. The van der Waals surface area contributed by atoms with Crippen LogP contribution in [0.4, 0.5) is 0 Å². The molecule has 0 aromatic heterocycles. The van der Waals surface area contributed by atoms with E-state index in [-0.39, 0.29) is 0 Å². The van der Waals surface area contributed by atoms with E-state index in [1.165, 1.54) is 34.4 Å². The third-order valence-corrected chi connectivity index (χ3v) is 9.32. The third-order valence-electron chi connectivity index (χ3n) is 9.32. The molecule has 0 spiro atoms. The van der Waals surface area contributed by atoms with Crippen LogP contribution < -0.4 is 23.7 Å². The van der Waals surface area contributed by atoms with Crippen molar-refractivity contribution in [3.8, 4) is 28.7 Å². The van der Waals surface area contributed by atoms with E-state index < -0.39 is 0 Å². The van der Waals surface area contributed by atoms with Crippen molar-refractivity contribution in [2.24, 2.45) is 5.92 Å². The Morgan fingerprint density at radius 2 is 1.24 bits per heavy atom. The van der Waals surface area contributed by atoms with Gasteiger partial charge in [0.25, 0.3) is 0 Å². The van der Waals surface area contributed by atoms with Crippen LogP contribution in [-0.2, 0) is 0 Å². The predicted octanol–water partition coefficient (Wildman–Crippen LogP) is 13.9. The van der Waals surface area contributed by atoms with Crippen molar-refractivity contribution in [1.82, 2.24) is 4.90 Å². The van der Waals surface area contributed by atoms with E-state index in [2.05, 4.69) is 123 Å². The summed E-state index contributed by atoms with van der Waals surface area (Å²) >= 11 is 0. The number of likely N-dealkylation sites (N-methyl/N-ethyl adjacent to an activating group) is 1. The molecular weight excluding hydrogens is 683 g/mol. The number of hydrogen-bond acceptors (Lipinski definition) is 6. The predicted molar refractivity (Wildman–Crippen MR) is 240 cm³/mol. The molecule has 308 valence electrons. The maximum absolute atomic E-state index is 5.52. The summed E-state index contributed by atoms with van der Waals surface area (Å²) in [5.74, 6) is 4.07. The van der Waals surface area contributed by atoms with E-state index in [4.69, 9.17) is 23.7 Å². The standard InChI is InChI=1S/C24H37NO2.C22H32O3.C3H8/c1-9-14-25(11-3)22(15-18(4)10-2)13-12-19(5)21-16-23(26-7)20(6)24(17-21)27-8;1-8-11-17(10-3)12-13-19(16(4)9-2)18-14-20(23-5)22(25-7)21(15-18)24-6;1-3-2/h12-13,15-17H,9-11,14H2,1-8H3;10,12-16H,3,8-9,11H2,1-2,4-7H3;3H2,1-2H3/b18-15+,19-12+,22-13+;17-12+,19-13+;. The van der Waals surface area contributed by atoms with Gasteiger partial charge in [-0.1, -0.05) is 97.8 Å². The first-order chi connectivity index (χ1) is 26.4. The zero-order valence-corrected chi connectivity index (χ0v) is 37.7. The lowest BCUT2D eigenvalue weighted by molar-refractivity contribution is 0.324. The Labute approximate surface area is 337 Å². The molecule has 0 bridgehead atoms. The fraction of sp³-hybridized carbons (Fsp3) is 0.510. The first-order valence-electron chi connectivity index (χ1n) is 20.3. The van der Waals surface area contributed by atoms with Gasteiger partial charge in [-0.05, 0) is 124 Å². The number of rotatable bonds is 20. The third kappa shape index (κ3) is 16.9. The molecule has 1 atom stereocenters. The number of methoxy groups -OCH3 is 5. The van der Waals surface area contributed by atoms with Crippen LogP contribution in [0.25, 0.3) is 11.1 Å². The lowest BCUT2D eigenvalue weighted by atomic mass is 9.90. The molecule has 6 heteroatoms. The van der Waals surface area contributed by atoms with Gasteiger partial charge in [0, 0.05) is 24.4 Å². The molecule has 1 unspecified atom stereocenters. The zero-order chi connectivity index (χ0) is 41.9. The Morgan fingerprint density at radius 3 is 1.64 bits per heavy atom. The monoisotopic (exact) mass is 760 g/mol. The molecule has 2 aromatic carbocycles. The summed E-state index contributed by atoms with van der Waals surface area (Å²) in [6.45, 7) is 29.8. The number of benzene rings is 2. The van der Waals surface area contributed by atoms with Crippen molar-refractivity contribution in [2.45, 2.75) is 115 Å². The minimum Gasteiger partial charge on any atom is -0.496 e. The summed E-state index contributed by atoms with van der Waals surface area (Å²) in [7, 11) is 8.31. The minimum atomic E-state index is 0.409. The van der Waals surface area contributed by atoms with E-state index in [9.17, 15) is 0 Å². The topological polar surface area (TPSA) is 49.4 Å². The van der Waals surface area contributed by atoms with Gasteiger partial charge < -0.3 is 28.6 Å². The Bertz CT molecular complexity index is 1530. The van der Waals surface area contributed by atoms with Gasteiger partial charge in [-0.25, -0.2) is 0 Å². The molecule has 0 saturated heterocycles. The van der Waals surface area contributed by atoms with Crippen LogP contribution in [0.5, 0.6) is 28.7 Å². The molecule has 0 fully saturated rings. The highest BCUT2D eigenvalue weighted by atomic mass is 16.5. The first-order valence-corrected chi connectivity index (χ1v) is 20.3. The summed E-state index contributed by atoms with van der Waals surface area (Å²) in [5, 5.41) is 0. The van der Waals surface area contributed by atoms with Crippen LogP contribution in [0.1, 0.15) is 124 Å². The van der Waals surface area contributed by atoms with E-state index in [0.717, 1.165) is 73.4 Å². The molecule has 55 heavy (non-hydrogen) atoms. The quantitative estimate of drug-likeness (QED) is 0.125. The highest BCUT2D eigenvalue weighted by Gasteiger charge is 2.17. The summed E-state index contributed by atoms with van der Waals surface area (Å²) in [6.07, 6.45) is 19.7. The Hall–Kier alpha value is -4.32. The Morgan fingerprint density at radius 1 is 0.709 bits per heavy atom.